The molecule has 0 N–H and O–H groups in total. The van der Waals surface area contributed by atoms with Gasteiger partial charge in [-0.05, 0) is 24.6 Å². The fourth-order valence-electron chi connectivity index (χ4n) is 5.46. The molecule has 3 unspecified atom stereocenters. The molecule has 3 aliphatic rings. The van der Waals surface area contributed by atoms with Crippen molar-refractivity contribution in [3.05, 3.63) is 107 Å². The van der Waals surface area contributed by atoms with E-state index in [0.717, 1.165) is 16.0 Å². The van der Waals surface area contributed by atoms with Gasteiger partial charge < -0.3 is 4.74 Å². The SMILES string of the molecule is Cc1ccc(N2C(=O)C3C(/C=C/c4ccccc4)OC4(C(=O)c5ccccc5C4=O)C3C2=O)cc1. The number of ether oxygens (including phenoxy) is 1. The Hall–Kier alpha value is -4.16. The Labute approximate surface area is 201 Å². The van der Waals surface area contributed by atoms with Gasteiger partial charge in [0.2, 0.25) is 29.0 Å². The first-order valence-corrected chi connectivity index (χ1v) is 11.5. The van der Waals surface area contributed by atoms with E-state index in [2.05, 4.69) is 0 Å². The highest BCUT2D eigenvalue weighted by Crippen LogP contribution is 2.53. The molecule has 1 aliphatic carbocycles. The summed E-state index contributed by atoms with van der Waals surface area (Å²) in [7, 11) is 0. The van der Waals surface area contributed by atoms with Crippen molar-refractivity contribution in [1.82, 2.24) is 0 Å². The van der Waals surface area contributed by atoms with Gasteiger partial charge in [0.05, 0.1) is 23.6 Å². The topological polar surface area (TPSA) is 80.8 Å². The van der Waals surface area contributed by atoms with E-state index < -0.39 is 46.9 Å². The maximum absolute atomic E-state index is 13.8. The highest BCUT2D eigenvalue weighted by atomic mass is 16.5. The van der Waals surface area contributed by atoms with Gasteiger partial charge in [-0.2, -0.15) is 0 Å². The lowest BCUT2D eigenvalue weighted by atomic mass is 9.78. The minimum absolute atomic E-state index is 0.220. The van der Waals surface area contributed by atoms with E-state index in [1.54, 1.807) is 48.6 Å². The van der Waals surface area contributed by atoms with Gasteiger partial charge in [-0.25, -0.2) is 4.90 Å². The number of carbonyl (C=O) groups excluding carboxylic acids is 4. The van der Waals surface area contributed by atoms with Crippen LogP contribution in [0.3, 0.4) is 0 Å². The van der Waals surface area contributed by atoms with Crippen molar-refractivity contribution in [3.8, 4) is 0 Å². The monoisotopic (exact) mass is 463 g/mol. The van der Waals surface area contributed by atoms with Crippen molar-refractivity contribution >= 4 is 35.1 Å². The molecule has 0 aromatic heterocycles. The molecule has 1 spiro atoms. The van der Waals surface area contributed by atoms with Gasteiger partial charge in [-0.1, -0.05) is 84.4 Å². The number of hydrogen-bond acceptors (Lipinski definition) is 5. The summed E-state index contributed by atoms with van der Waals surface area (Å²) in [6, 6.07) is 22.9. The van der Waals surface area contributed by atoms with Gasteiger partial charge in [-0.3, -0.25) is 19.2 Å². The Balaban J connectivity index is 1.48. The largest absolute Gasteiger partial charge is 0.350 e. The zero-order valence-corrected chi connectivity index (χ0v) is 18.9. The third-order valence-electron chi connectivity index (χ3n) is 7.13. The molecule has 3 atom stereocenters. The molecule has 6 heteroatoms. The van der Waals surface area contributed by atoms with Gasteiger partial charge in [0.25, 0.3) is 0 Å². The summed E-state index contributed by atoms with van der Waals surface area (Å²) in [5, 5.41) is 0. The molecule has 2 saturated heterocycles. The Morgan fingerprint density at radius 3 is 2.00 bits per heavy atom. The van der Waals surface area contributed by atoms with Crippen LogP contribution in [-0.4, -0.2) is 35.1 Å². The fraction of sp³-hybridized carbons (Fsp3) is 0.172. The number of benzene rings is 3. The second kappa shape index (κ2) is 7.68. The molecule has 2 heterocycles. The molecule has 2 aliphatic heterocycles. The van der Waals surface area contributed by atoms with E-state index in [4.69, 9.17) is 4.74 Å². The predicted molar refractivity (Wildman–Crippen MR) is 129 cm³/mol. The average Bonchev–Trinajstić information content (AvgIpc) is 3.44. The van der Waals surface area contributed by atoms with Crippen LogP contribution in [0.15, 0.2) is 84.9 Å². The van der Waals surface area contributed by atoms with Gasteiger partial charge in [-0.15, -0.1) is 0 Å². The number of carbonyl (C=O) groups is 4. The lowest BCUT2D eigenvalue weighted by molar-refractivity contribution is -0.126. The van der Waals surface area contributed by atoms with Gasteiger partial charge in [0.1, 0.15) is 0 Å². The number of Topliss-reactive ketones (excluding diaryl/α,β-unsaturated/α-hetero) is 2. The van der Waals surface area contributed by atoms with E-state index in [1.807, 2.05) is 49.4 Å². The number of ketones is 2. The van der Waals surface area contributed by atoms with Crippen LogP contribution in [0.1, 0.15) is 31.8 Å². The number of aryl methyl sites for hydroxylation is 1. The number of hydrogen-bond donors (Lipinski definition) is 0. The van der Waals surface area contributed by atoms with Crippen LogP contribution < -0.4 is 4.90 Å². The van der Waals surface area contributed by atoms with Crippen molar-refractivity contribution in [2.45, 2.75) is 18.6 Å². The summed E-state index contributed by atoms with van der Waals surface area (Å²) in [5.74, 6) is -4.42. The smallest absolute Gasteiger partial charge is 0.241 e. The van der Waals surface area contributed by atoms with E-state index in [1.165, 1.54) is 0 Å². The Morgan fingerprint density at radius 1 is 0.771 bits per heavy atom. The lowest BCUT2D eigenvalue weighted by Gasteiger charge is -2.26. The van der Waals surface area contributed by atoms with E-state index in [9.17, 15) is 19.2 Å². The summed E-state index contributed by atoms with van der Waals surface area (Å²) in [4.78, 5) is 56.0. The van der Waals surface area contributed by atoms with Crippen LogP contribution in [0.4, 0.5) is 5.69 Å². The van der Waals surface area contributed by atoms with E-state index in [-0.39, 0.29) is 11.1 Å². The molecule has 0 bridgehead atoms. The van der Waals surface area contributed by atoms with E-state index >= 15 is 0 Å². The number of rotatable bonds is 3. The van der Waals surface area contributed by atoms with Crippen molar-refractivity contribution in [1.29, 1.82) is 0 Å². The molecule has 2 amide bonds. The van der Waals surface area contributed by atoms with Gasteiger partial charge in [0, 0.05) is 11.1 Å². The summed E-state index contributed by atoms with van der Waals surface area (Å²) in [6.45, 7) is 1.91. The minimum Gasteiger partial charge on any atom is -0.350 e. The van der Waals surface area contributed by atoms with Crippen molar-refractivity contribution in [3.63, 3.8) is 0 Å². The molecule has 2 fully saturated rings. The zero-order valence-electron chi connectivity index (χ0n) is 18.9. The van der Waals surface area contributed by atoms with Crippen molar-refractivity contribution in [2.24, 2.45) is 11.8 Å². The summed E-state index contributed by atoms with van der Waals surface area (Å²) >= 11 is 0. The Bertz CT molecular complexity index is 1390. The van der Waals surface area contributed by atoms with Crippen molar-refractivity contribution < 1.29 is 23.9 Å². The fourth-order valence-corrected chi connectivity index (χ4v) is 5.46. The first kappa shape index (κ1) is 21.4. The average molecular weight is 463 g/mol. The predicted octanol–water partition coefficient (Wildman–Crippen LogP) is 4.03. The summed E-state index contributed by atoms with van der Waals surface area (Å²) in [5.41, 5.74) is 0.653. The quantitative estimate of drug-likeness (QED) is 0.433. The highest BCUT2D eigenvalue weighted by molar-refractivity contribution is 6.37. The number of imide groups is 1. The molecule has 0 saturated carbocycles. The Morgan fingerprint density at radius 2 is 1.37 bits per heavy atom. The molecule has 6 nitrogen and oxygen atoms in total. The van der Waals surface area contributed by atoms with Crippen LogP contribution in [0.5, 0.6) is 0 Å². The van der Waals surface area contributed by atoms with Crippen molar-refractivity contribution in [2.75, 3.05) is 4.90 Å². The number of amides is 2. The number of anilines is 1. The third kappa shape index (κ3) is 2.93. The van der Waals surface area contributed by atoms with Gasteiger partial charge in [0.15, 0.2) is 0 Å². The Kier molecular flexibility index (Phi) is 4.69. The molecule has 0 radical (unpaired) electrons. The standard InChI is InChI=1S/C29H21NO5/c1-17-11-14-19(15-12-17)30-27(33)23-22(16-13-18-7-3-2-4-8-18)35-29(24(23)28(30)34)25(31)20-9-5-6-10-21(20)26(29)32/h2-16,22-24H,1H3/b16-13+. The molecular weight excluding hydrogens is 442 g/mol. The third-order valence-corrected chi connectivity index (χ3v) is 7.13. The van der Waals surface area contributed by atoms with Crippen LogP contribution in [0, 0.1) is 18.8 Å². The summed E-state index contributed by atoms with van der Waals surface area (Å²) < 4.78 is 6.20. The molecule has 172 valence electrons. The van der Waals surface area contributed by atoms with E-state index in [0.29, 0.717) is 5.69 Å². The minimum atomic E-state index is -2.05. The summed E-state index contributed by atoms with van der Waals surface area (Å²) in [6.07, 6.45) is 2.54. The van der Waals surface area contributed by atoms with Crippen LogP contribution in [0.2, 0.25) is 0 Å². The number of nitrogens with zero attached hydrogens (tertiary/aromatic N) is 1. The second-order valence-corrected chi connectivity index (χ2v) is 9.14. The second-order valence-electron chi connectivity index (χ2n) is 9.14. The van der Waals surface area contributed by atoms with Gasteiger partial charge >= 0.3 is 0 Å². The molecule has 6 rings (SSSR count). The normalized spacial score (nSPS) is 24.6. The maximum atomic E-state index is 13.8. The molecule has 3 aromatic rings. The molecule has 35 heavy (non-hydrogen) atoms. The van der Waals surface area contributed by atoms with Crippen LogP contribution in [-0.2, 0) is 14.3 Å². The van der Waals surface area contributed by atoms with Crippen LogP contribution >= 0.6 is 0 Å². The molecular formula is C29H21NO5. The highest BCUT2D eigenvalue weighted by Gasteiger charge is 2.74. The first-order valence-electron chi connectivity index (χ1n) is 11.5. The maximum Gasteiger partial charge on any atom is 0.241 e. The zero-order chi connectivity index (χ0) is 24.3. The molecule has 3 aromatic carbocycles. The van der Waals surface area contributed by atoms with Crippen LogP contribution in [0.25, 0.3) is 6.08 Å². The number of fused-ring (bicyclic) bond motifs is 3. The first-order chi connectivity index (χ1) is 16.9. The lowest BCUT2D eigenvalue weighted by Crippen LogP contribution is -2.51.